The zero-order chi connectivity index (χ0) is 20.5. The van der Waals surface area contributed by atoms with Crippen LogP contribution in [0.15, 0.2) is 29.2 Å². The molecule has 9 heteroatoms. The van der Waals surface area contributed by atoms with Crippen molar-refractivity contribution in [2.24, 2.45) is 7.05 Å². The monoisotopic (exact) mass is 407 g/mol. The number of hydrogen-bond donors (Lipinski definition) is 2. The summed E-state index contributed by atoms with van der Waals surface area (Å²) in [6.45, 7) is 1.86. The van der Waals surface area contributed by atoms with E-state index >= 15 is 0 Å². The third-order valence-corrected chi connectivity index (χ3v) is 6.62. The van der Waals surface area contributed by atoms with Gasteiger partial charge >= 0.3 is 5.97 Å². The summed E-state index contributed by atoms with van der Waals surface area (Å²) in [6, 6.07) is 6.39. The molecule has 1 aliphatic rings. The predicted octanol–water partition coefficient (Wildman–Crippen LogP) is 2.90. The van der Waals surface area contributed by atoms with E-state index in [9.17, 15) is 18.3 Å². The molecule has 152 valence electrons. The van der Waals surface area contributed by atoms with Gasteiger partial charge in [-0.05, 0) is 44.7 Å². The van der Waals surface area contributed by atoms with Crippen molar-refractivity contribution < 1.29 is 23.1 Å². The summed E-state index contributed by atoms with van der Waals surface area (Å²) in [6.07, 6.45) is 3.39. The van der Waals surface area contributed by atoms with E-state index in [1.54, 1.807) is 26.3 Å². The quantitative estimate of drug-likeness (QED) is 0.762. The number of carbonyl (C=O) groups is 1. The van der Waals surface area contributed by atoms with E-state index in [1.807, 2.05) is 6.92 Å². The second-order valence-corrected chi connectivity index (χ2v) is 8.85. The Bertz CT molecular complexity index is 958. The van der Waals surface area contributed by atoms with Crippen LogP contribution in [0.5, 0.6) is 0 Å². The number of aromatic carboxylic acids is 1. The van der Waals surface area contributed by atoms with E-state index in [0.717, 1.165) is 31.2 Å². The molecule has 1 heterocycles. The lowest BCUT2D eigenvalue weighted by atomic mass is 9.84. The van der Waals surface area contributed by atoms with E-state index in [2.05, 4.69) is 9.82 Å². The summed E-state index contributed by atoms with van der Waals surface area (Å²) in [4.78, 5) is 11.8. The van der Waals surface area contributed by atoms with Crippen LogP contribution in [0.4, 0.5) is 5.69 Å². The summed E-state index contributed by atoms with van der Waals surface area (Å²) in [5.41, 5.74) is 1.29. The molecule has 0 bridgehead atoms. The summed E-state index contributed by atoms with van der Waals surface area (Å²) < 4.78 is 35.1. The Balaban J connectivity index is 1.99. The van der Waals surface area contributed by atoms with Gasteiger partial charge in [-0.1, -0.05) is 17.7 Å². The van der Waals surface area contributed by atoms with Crippen molar-refractivity contribution in [1.82, 2.24) is 9.78 Å². The lowest BCUT2D eigenvalue weighted by Gasteiger charge is -2.28. The first kappa shape index (κ1) is 20.3. The summed E-state index contributed by atoms with van der Waals surface area (Å²) >= 11 is 0. The Labute approximate surface area is 164 Å². The van der Waals surface area contributed by atoms with Gasteiger partial charge in [-0.3, -0.25) is 9.40 Å². The lowest BCUT2D eigenvalue weighted by Crippen LogP contribution is -2.22. The largest absolute Gasteiger partial charge is 0.476 e. The van der Waals surface area contributed by atoms with Crippen LogP contribution in [0.25, 0.3) is 0 Å². The van der Waals surface area contributed by atoms with E-state index in [-0.39, 0.29) is 28.3 Å². The van der Waals surface area contributed by atoms with Crippen molar-refractivity contribution >= 4 is 21.7 Å². The van der Waals surface area contributed by atoms with Gasteiger partial charge in [-0.15, -0.1) is 0 Å². The molecule has 3 rings (SSSR count). The minimum atomic E-state index is -3.94. The van der Waals surface area contributed by atoms with Gasteiger partial charge in [-0.25, -0.2) is 13.2 Å². The fraction of sp³-hybridized carbons (Fsp3) is 0.474. The molecule has 0 amide bonds. The van der Waals surface area contributed by atoms with Crippen LogP contribution in [-0.2, 0) is 21.8 Å². The molecule has 8 nitrogen and oxygen atoms in total. The number of nitrogens with one attached hydrogen (secondary N) is 1. The first-order valence-corrected chi connectivity index (χ1v) is 10.6. The normalized spacial score (nSPS) is 20.1. The highest BCUT2D eigenvalue weighted by Gasteiger charge is 2.32. The molecule has 0 atom stereocenters. The van der Waals surface area contributed by atoms with Gasteiger partial charge in [-0.2, -0.15) is 5.10 Å². The van der Waals surface area contributed by atoms with Gasteiger partial charge in [0.2, 0.25) is 0 Å². The number of rotatable bonds is 6. The van der Waals surface area contributed by atoms with Crippen molar-refractivity contribution in [3.05, 3.63) is 41.2 Å². The Hall–Kier alpha value is -2.39. The number of benzene rings is 1. The van der Waals surface area contributed by atoms with Gasteiger partial charge in [0.25, 0.3) is 10.0 Å². The standard InChI is InChI=1S/C19H25N3O5S/c1-12-4-10-15(11-5-12)28(25,26)21-16-17(19(23)24)20-22(2)18(16)13-6-8-14(27-3)9-7-13/h4-5,10-11,13-14,21H,6-9H2,1-3H3,(H,23,24)/t13-,14+. The maximum absolute atomic E-state index is 12.9. The molecule has 2 aromatic rings. The highest BCUT2D eigenvalue weighted by atomic mass is 32.2. The molecule has 0 radical (unpaired) electrons. The van der Waals surface area contributed by atoms with Crippen LogP contribution >= 0.6 is 0 Å². The zero-order valence-corrected chi connectivity index (χ0v) is 17.0. The maximum Gasteiger partial charge on any atom is 0.358 e. The maximum atomic E-state index is 12.9. The molecule has 1 fully saturated rings. The first-order valence-electron chi connectivity index (χ1n) is 9.15. The van der Waals surface area contributed by atoms with Crippen LogP contribution in [-0.4, -0.2) is 42.5 Å². The van der Waals surface area contributed by atoms with Crippen LogP contribution < -0.4 is 4.72 Å². The number of hydrogen-bond acceptors (Lipinski definition) is 5. The van der Waals surface area contributed by atoms with Crippen LogP contribution in [0.2, 0.25) is 0 Å². The van der Waals surface area contributed by atoms with Gasteiger partial charge in [0.05, 0.1) is 16.7 Å². The number of carboxylic acids is 1. The molecule has 2 N–H and O–H groups in total. The van der Waals surface area contributed by atoms with Gasteiger partial charge in [0, 0.05) is 20.1 Å². The topological polar surface area (TPSA) is 111 Å². The molecule has 1 aliphatic carbocycles. The first-order chi connectivity index (χ1) is 13.2. The number of sulfonamides is 1. The smallest absolute Gasteiger partial charge is 0.358 e. The van der Waals surface area contributed by atoms with Crippen molar-refractivity contribution in [1.29, 1.82) is 0 Å². The van der Waals surface area contributed by atoms with E-state index < -0.39 is 16.0 Å². The van der Waals surface area contributed by atoms with Gasteiger partial charge in [0.15, 0.2) is 5.69 Å². The van der Waals surface area contributed by atoms with Crippen molar-refractivity contribution in [2.45, 2.75) is 49.5 Å². The van der Waals surface area contributed by atoms with Gasteiger partial charge in [0.1, 0.15) is 5.69 Å². The predicted molar refractivity (Wildman–Crippen MR) is 104 cm³/mol. The second-order valence-electron chi connectivity index (χ2n) is 7.17. The Morgan fingerprint density at radius 1 is 1.21 bits per heavy atom. The number of anilines is 1. The van der Waals surface area contributed by atoms with Crippen molar-refractivity contribution in [3.8, 4) is 0 Å². The third-order valence-electron chi connectivity index (χ3n) is 5.26. The van der Waals surface area contributed by atoms with Crippen LogP contribution in [0.3, 0.4) is 0 Å². The number of nitrogens with zero attached hydrogens (tertiary/aromatic N) is 2. The van der Waals surface area contributed by atoms with Crippen molar-refractivity contribution in [3.63, 3.8) is 0 Å². The fourth-order valence-electron chi connectivity index (χ4n) is 3.74. The molecular weight excluding hydrogens is 382 g/mol. The molecule has 0 spiro atoms. The summed E-state index contributed by atoms with van der Waals surface area (Å²) in [7, 11) is -0.615. The molecule has 0 saturated heterocycles. The summed E-state index contributed by atoms with van der Waals surface area (Å²) in [5.74, 6) is -1.26. The number of ether oxygens (including phenoxy) is 1. The lowest BCUT2D eigenvalue weighted by molar-refractivity contribution is 0.0652. The minimum absolute atomic E-state index is 0.00715. The zero-order valence-electron chi connectivity index (χ0n) is 16.2. The number of aryl methyl sites for hydroxylation is 2. The van der Waals surface area contributed by atoms with E-state index in [1.165, 1.54) is 16.8 Å². The SMILES string of the molecule is CO[C@H]1CC[C@@H](c2c(NS(=O)(=O)c3ccc(C)cc3)c(C(=O)O)nn2C)CC1. The third kappa shape index (κ3) is 4.05. The second kappa shape index (κ2) is 7.92. The molecule has 0 unspecified atom stereocenters. The van der Waals surface area contributed by atoms with Crippen molar-refractivity contribution in [2.75, 3.05) is 11.8 Å². The molecular formula is C19H25N3O5S. The average molecular weight is 407 g/mol. The summed E-state index contributed by atoms with van der Waals surface area (Å²) in [5, 5.41) is 13.6. The Morgan fingerprint density at radius 2 is 1.82 bits per heavy atom. The van der Waals surface area contributed by atoms with Gasteiger partial charge < -0.3 is 9.84 Å². The van der Waals surface area contributed by atoms with Crippen LogP contribution in [0, 0.1) is 6.92 Å². The highest BCUT2D eigenvalue weighted by Crippen LogP contribution is 2.39. The highest BCUT2D eigenvalue weighted by molar-refractivity contribution is 7.92. The minimum Gasteiger partial charge on any atom is -0.476 e. The molecule has 1 aromatic carbocycles. The average Bonchev–Trinajstić information content (AvgIpc) is 2.98. The molecule has 1 saturated carbocycles. The number of aromatic nitrogens is 2. The Morgan fingerprint density at radius 3 is 2.36 bits per heavy atom. The fourth-order valence-corrected chi connectivity index (χ4v) is 4.82. The number of methoxy groups -OCH3 is 1. The van der Waals surface area contributed by atoms with Crippen LogP contribution in [0.1, 0.15) is 53.3 Å². The molecule has 1 aromatic heterocycles. The number of carboxylic acid groups (broad SMARTS) is 1. The molecule has 0 aliphatic heterocycles. The van der Waals surface area contributed by atoms with E-state index in [4.69, 9.17) is 4.74 Å². The molecule has 28 heavy (non-hydrogen) atoms. The Kier molecular flexibility index (Phi) is 5.76. The van der Waals surface area contributed by atoms with E-state index in [0.29, 0.717) is 5.69 Å².